The van der Waals surface area contributed by atoms with Crippen LogP contribution < -0.4 is 15.5 Å². The summed E-state index contributed by atoms with van der Waals surface area (Å²) in [6.07, 6.45) is 3.22. The second-order valence-corrected chi connectivity index (χ2v) is 7.45. The summed E-state index contributed by atoms with van der Waals surface area (Å²) in [6, 6.07) is 11.0. The third-order valence-corrected chi connectivity index (χ3v) is 5.48. The lowest BCUT2D eigenvalue weighted by Crippen LogP contribution is -2.45. The Kier molecular flexibility index (Phi) is 7.27. The molecule has 1 aromatic carbocycles. The van der Waals surface area contributed by atoms with Gasteiger partial charge in [0.15, 0.2) is 5.75 Å². The predicted octanol–water partition coefficient (Wildman–Crippen LogP) is 2.44. The number of rotatable bonds is 9. The number of aromatic nitrogens is 1. The first-order chi connectivity index (χ1) is 14.5. The lowest BCUT2D eigenvalue weighted by Gasteiger charge is -2.30. The number of pyridine rings is 1. The number of nitrogens with zero attached hydrogens (tertiary/aromatic N) is 2. The van der Waals surface area contributed by atoms with E-state index in [0.717, 1.165) is 18.4 Å². The summed E-state index contributed by atoms with van der Waals surface area (Å²) >= 11 is 0. The van der Waals surface area contributed by atoms with Gasteiger partial charge in [-0.1, -0.05) is 44.2 Å². The van der Waals surface area contributed by atoms with E-state index in [4.69, 9.17) is 4.74 Å². The van der Waals surface area contributed by atoms with E-state index in [-0.39, 0.29) is 28.9 Å². The summed E-state index contributed by atoms with van der Waals surface area (Å²) in [6.45, 7) is 6.21. The van der Waals surface area contributed by atoms with Gasteiger partial charge in [-0.05, 0) is 18.4 Å². The van der Waals surface area contributed by atoms with E-state index in [1.54, 1.807) is 15.7 Å². The van der Waals surface area contributed by atoms with Crippen molar-refractivity contribution in [3.05, 3.63) is 64.1 Å². The fraction of sp³-hybridized carbons (Fsp3) is 0.435. The van der Waals surface area contributed by atoms with Crippen molar-refractivity contribution in [2.45, 2.75) is 39.8 Å². The highest BCUT2D eigenvalue weighted by Gasteiger charge is 2.25. The van der Waals surface area contributed by atoms with Gasteiger partial charge < -0.3 is 19.5 Å². The molecule has 160 valence electrons. The minimum absolute atomic E-state index is 0.00988. The molecule has 0 fully saturated rings. The predicted molar refractivity (Wildman–Crippen MR) is 114 cm³/mol. The van der Waals surface area contributed by atoms with Crippen LogP contribution in [0.15, 0.2) is 47.4 Å². The van der Waals surface area contributed by atoms with Crippen molar-refractivity contribution in [1.82, 2.24) is 14.8 Å². The number of ether oxygens (including phenoxy) is 1. The molecule has 30 heavy (non-hydrogen) atoms. The molecule has 1 aliphatic rings. The fourth-order valence-corrected chi connectivity index (χ4v) is 3.59. The molecule has 1 aliphatic heterocycles. The van der Waals surface area contributed by atoms with Gasteiger partial charge in [0.25, 0.3) is 5.91 Å². The Morgan fingerprint density at radius 2 is 1.87 bits per heavy atom. The van der Waals surface area contributed by atoms with Crippen LogP contribution in [0.4, 0.5) is 0 Å². The van der Waals surface area contributed by atoms with Crippen LogP contribution in [0.3, 0.4) is 0 Å². The smallest absolute Gasteiger partial charge is 0.270 e. The molecule has 2 amide bonds. The zero-order chi connectivity index (χ0) is 21.5. The molecule has 0 bridgehead atoms. The Bertz CT molecular complexity index is 935. The van der Waals surface area contributed by atoms with Crippen LogP contribution in [-0.2, 0) is 17.9 Å². The Hall–Kier alpha value is -3.09. The number of fused-ring (bicyclic) bond motifs is 1. The number of carbonyl (C=O) groups is 2. The third kappa shape index (κ3) is 5.09. The molecule has 7 heteroatoms. The summed E-state index contributed by atoms with van der Waals surface area (Å²) in [5, 5.41) is 2.91. The van der Waals surface area contributed by atoms with Gasteiger partial charge in [0, 0.05) is 38.2 Å². The van der Waals surface area contributed by atoms with Crippen molar-refractivity contribution in [1.29, 1.82) is 0 Å². The number of nitrogens with one attached hydrogen (secondary N) is 1. The van der Waals surface area contributed by atoms with Crippen molar-refractivity contribution in [3.8, 4) is 5.75 Å². The summed E-state index contributed by atoms with van der Waals surface area (Å²) in [5.41, 5.74) is 1.01. The SMILES string of the molecule is CCC(CC)C(=O)NCCN1CCn2cc(OCc3ccccc3)c(=O)cc2C1=O. The van der Waals surface area contributed by atoms with Crippen LogP contribution >= 0.6 is 0 Å². The van der Waals surface area contributed by atoms with E-state index in [2.05, 4.69) is 5.32 Å². The molecule has 1 N–H and O–H groups in total. The maximum atomic E-state index is 12.8. The zero-order valence-corrected chi connectivity index (χ0v) is 17.6. The van der Waals surface area contributed by atoms with Gasteiger partial charge in [0.2, 0.25) is 11.3 Å². The maximum absolute atomic E-state index is 12.8. The zero-order valence-electron chi connectivity index (χ0n) is 17.6. The van der Waals surface area contributed by atoms with Crippen LogP contribution in [0, 0.1) is 5.92 Å². The third-order valence-electron chi connectivity index (χ3n) is 5.48. The second-order valence-electron chi connectivity index (χ2n) is 7.45. The first-order valence-corrected chi connectivity index (χ1v) is 10.5. The molecule has 7 nitrogen and oxygen atoms in total. The van der Waals surface area contributed by atoms with Crippen molar-refractivity contribution in [3.63, 3.8) is 0 Å². The molecule has 0 atom stereocenters. The molecular formula is C23H29N3O4. The molecule has 0 aliphatic carbocycles. The molecular weight excluding hydrogens is 382 g/mol. The largest absolute Gasteiger partial charge is 0.483 e. The summed E-state index contributed by atoms with van der Waals surface area (Å²) in [7, 11) is 0. The molecule has 2 aromatic rings. The normalized spacial score (nSPS) is 13.3. The van der Waals surface area contributed by atoms with Crippen LogP contribution in [0.5, 0.6) is 5.75 Å². The molecule has 0 saturated heterocycles. The molecule has 0 saturated carbocycles. The average Bonchev–Trinajstić information content (AvgIpc) is 2.76. The molecule has 0 radical (unpaired) electrons. The van der Waals surface area contributed by atoms with E-state index in [1.165, 1.54) is 6.07 Å². The summed E-state index contributed by atoms with van der Waals surface area (Å²) in [5.74, 6) is 0.0722. The van der Waals surface area contributed by atoms with Crippen molar-refractivity contribution >= 4 is 11.8 Å². The topological polar surface area (TPSA) is 80.6 Å². The van der Waals surface area contributed by atoms with E-state index in [1.807, 2.05) is 44.2 Å². The van der Waals surface area contributed by atoms with E-state index in [9.17, 15) is 14.4 Å². The lowest BCUT2D eigenvalue weighted by atomic mass is 10.0. The molecule has 0 spiro atoms. The highest BCUT2D eigenvalue weighted by molar-refractivity contribution is 5.93. The number of hydrogen-bond acceptors (Lipinski definition) is 4. The van der Waals surface area contributed by atoms with Gasteiger partial charge in [0.1, 0.15) is 12.3 Å². The van der Waals surface area contributed by atoms with Gasteiger partial charge in [-0.2, -0.15) is 0 Å². The van der Waals surface area contributed by atoms with Crippen molar-refractivity contribution in [2.75, 3.05) is 19.6 Å². The number of hydrogen-bond donors (Lipinski definition) is 1. The Morgan fingerprint density at radius 3 is 2.57 bits per heavy atom. The van der Waals surface area contributed by atoms with E-state index >= 15 is 0 Å². The fourth-order valence-electron chi connectivity index (χ4n) is 3.59. The monoisotopic (exact) mass is 411 g/mol. The van der Waals surface area contributed by atoms with Crippen molar-refractivity contribution in [2.24, 2.45) is 5.92 Å². The van der Waals surface area contributed by atoms with Crippen LogP contribution in [0.2, 0.25) is 0 Å². The molecule has 1 aromatic heterocycles. The lowest BCUT2D eigenvalue weighted by molar-refractivity contribution is -0.125. The van der Waals surface area contributed by atoms with Gasteiger partial charge in [0.05, 0.1) is 6.20 Å². The average molecular weight is 412 g/mol. The Labute approximate surface area is 176 Å². The van der Waals surface area contributed by atoms with E-state index in [0.29, 0.717) is 38.5 Å². The number of benzene rings is 1. The minimum atomic E-state index is -0.311. The van der Waals surface area contributed by atoms with Gasteiger partial charge in [-0.3, -0.25) is 14.4 Å². The Morgan fingerprint density at radius 1 is 1.13 bits per heavy atom. The summed E-state index contributed by atoms with van der Waals surface area (Å²) < 4.78 is 7.45. The van der Waals surface area contributed by atoms with Gasteiger partial charge in [-0.15, -0.1) is 0 Å². The molecule has 0 unspecified atom stereocenters. The molecule has 2 heterocycles. The van der Waals surface area contributed by atoms with Crippen molar-refractivity contribution < 1.29 is 14.3 Å². The highest BCUT2D eigenvalue weighted by Crippen LogP contribution is 2.15. The first-order valence-electron chi connectivity index (χ1n) is 10.5. The van der Waals surface area contributed by atoms with Crippen LogP contribution in [0.1, 0.15) is 42.7 Å². The maximum Gasteiger partial charge on any atom is 0.270 e. The number of carbonyl (C=O) groups excluding carboxylic acids is 2. The molecule has 3 rings (SSSR count). The second kappa shape index (κ2) is 10.1. The number of amides is 2. The summed E-state index contributed by atoms with van der Waals surface area (Å²) in [4.78, 5) is 39.0. The quantitative estimate of drug-likeness (QED) is 0.687. The van der Waals surface area contributed by atoms with Gasteiger partial charge >= 0.3 is 0 Å². The van der Waals surface area contributed by atoms with Gasteiger partial charge in [-0.25, -0.2) is 0 Å². The highest BCUT2D eigenvalue weighted by atomic mass is 16.5. The minimum Gasteiger partial charge on any atom is -0.483 e. The van der Waals surface area contributed by atoms with E-state index < -0.39 is 0 Å². The first kappa shape index (κ1) is 21.6. The van der Waals surface area contributed by atoms with Crippen LogP contribution in [-0.4, -0.2) is 40.9 Å². The van der Waals surface area contributed by atoms with Crippen LogP contribution in [0.25, 0.3) is 0 Å². The Balaban J connectivity index is 1.60. The standard InChI is InChI=1S/C23H29N3O4/c1-3-18(4-2)22(28)24-10-11-25-12-13-26-15-21(20(27)14-19(26)23(25)29)30-16-17-8-6-5-7-9-17/h5-9,14-15,18H,3-4,10-13,16H2,1-2H3,(H,24,28).